The number of anilines is 1. The lowest BCUT2D eigenvalue weighted by molar-refractivity contribution is -0.148. The minimum atomic E-state index is -1.32. The van der Waals surface area contributed by atoms with Crippen LogP contribution in [0.3, 0.4) is 0 Å². The lowest BCUT2D eigenvalue weighted by atomic mass is 9.98. The van der Waals surface area contributed by atoms with Gasteiger partial charge in [-0.3, -0.25) is 14.4 Å². The van der Waals surface area contributed by atoms with Crippen LogP contribution >= 0.6 is 0 Å². The number of rotatable bonds is 9. The minimum absolute atomic E-state index is 0.00796. The van der Waals surface area contributed by atoms with E-state index in [0.29, 0.717) is 5.69 Å². The molecule has 4 atom stereocenters. The smallest absolute Gasteiger partial charge is 0.408 e. The number of benzene rings is 3. The first kappa shape index (κ1) is 33.7. The molecule has 1 heterocycles. The van der Waals surface area contributed by atoms with Crippen LogP contribution in [0.15, 0.2) is 84.9 Å². The van der Waals surface area contributed by atoms with Gasteiger partial charge in [0.25, 0.3) is 5.91 Å². The van der Waals surface area contributed by atoms with Crippen molar-refractivity contribution in [1.82, 2.24) is 16.0 Å². The number of hydrogen-bond acceptors (Lipinski definition) is 8. The number of ether oxygens (including phenoxy) is 2. The second kappa shape index (κ2) is 16.7. The predicted octanol–water partition coefficient (Wildman–Crippen LogP) is 2.95. The number of amides is 4. The topological polar surface area (TPSA) is 172 Å². The van der Waals surface area contributed by atoms with E-state index in [1.54, 1.807) is 55.5 Å². The van der Waals surface area contributed by atoms with Crippen LogP contribution in [0.5, 0.6) is 0 Å². The number of esters is 1. The van der Waals surface area contributed by atoms with Gasteiger partial charge in [0.2, 0.25) is 11.8 Å². The van der Waals surface area contributed by atoms with Crippen LogP contribution in [0.2, 0.25) is 0 Å². The van der Waals surface area contributed by atoms with Crippen LogP contribution in [0, 0.1) is 5.92 Å². The normalized spacial score (nSPS) is 19.4. The Bertz CT molecular complexity index is 1560. The molecule has 12 nitrogen and oxygen atoms in total. The number of hydrogen-bond donors (Lipinski definition) is 5. The molecule has 46 heavy (non-hydrogen) atoms. The number of alkyl carbamates (subject to hydrolysis) is 1. The van der Waals surface area contributed by atoms with Gasteiger partial charge in [-0.05, 0) is 48.2 Å². The molecule has 4 amide bonds. The average molecular weight is 631 g/mol. The molecule has 0 saturated carbocycles. The molecule has 0 radical (unpaired) electrons. The van der Waals surface area contributed by atoms with E-state index >= 15 is 0 Å². The summed E-state index contributed by atoms with van der Waals surface area (Å²) in [5.74, 6) is -3.39. The van der Waals surface area contributed by atoms with Crippen LogP contribution in [0.25, 0.3) is 10.8 Å². The molecule has 4 rings (SSSR count). The van der Waals surface area contributed by atoms with Gasteiger partial charge in [0.1, 0.15) is 25.3 Å². The van der Waals surface area contributed by atoms with Crippen molar-refractivity contribution in [3.8, 4) is 0 Å². The zero-order valence-electron chi connectivity index (χ0n) is 25.4. The zero-order chi connectivity index (χ0) is 32.9. The van der Waals surface area contributed by atoms with Crippen LogP contribution in [-0.4, -0.2) is 66.2 Å². The van der Waals surface area contributed by atoms with Gasteiger partial charge in [0.05, 0.1) is 12.5 Å². The summed E-state index contributed by atoms with van der Waals surface area (Å²) in [6, 6.07) is 19.0. The Morgan fingerprint density at radius 1 is 0.978 bits per heavy atom. The Morgan fingerprint density at radius 3 is 2.46 bits per heavy atom. The van der Waals surface area contributed by atoms with Gasteiger partial charge in [-0.2, -0.15) is 0 Å². The van der Waals surface area contributed by atoms with Crippen molar-refractivity contribution in [1.29, 1.82) is 0 Å². The Morgan fingerprint density at radius 2 is 1.70 bits per heavy atom. The summed E-state index contributed by atoms with van der Waals surface area (Å²) in [6.07, 6.45) is 2.28. The highest BCUT2D eigenvalue weighted by Crippen LogP contribution is 2.19. The maximum Gasteiger partial charge on any atom is 0.408 e. The molecule has 3 aromatic carbocycles. The van der Waals surface area contributed by atoms with Crippen LogP contribution in [0.1, 0.15) is 31.7 Å². The number of nitrogens with one attached hydrogen (secondary N) is 4. The summed E-state index contributed by atoms with van der Waals surface area (Å²) in [5, 5.41) is 21.7. The third-order valence-electron chi connectivity index (χ3n) is 7.27. The standard InChI is InChI=1S/C34H38N4O8/c1-22(19-39)35-30(40)18-26-13-7-8-14-28(38-34(44)46-20-23-9-3-2-4-10-23)33(43)45-21-29(37-31(26)41)32(42)36-27-16-15-24-11-5-6-12-25(24)17-27/h2-12,15-17,22,26,28-29,39H,13-14,18-21H2,1H3,(H,35,40)(H,36,42)(H,37,41)(H,38,44)/t22-,26-,28-,29+/m1/s1. The second-order valence-corrected chi connectivity index (χ2v) is 11.0. The quantitative estimate of drug-likeness (QED) is 0.177. The first-order chi connectivity index (χ1) is 22.2. The molecular formula is C34H38N4O8. The molecule has 0 spiro atoms. The number of aliphatic hydroxyl groups excluding tert-OH is 1. The number of cyclic esters (lactones) is 1. The number of aliphatic hydroxyl groups is 1. The first-order valence-electron chi connectivity index (χ1n) is 15.0. The Labute approximate surface area is 266 Å². The van der Waals surface area contributed by atoms with Crippen LogP contribution in [-0.2, 0) is 35.3 Å². The van der Waals surface area contributed by atoms with Gasteiger partial charge < -0.3 is 35.8 Å². The minimum Gasteiger partial charge on any atom is -0.461 e. The molecule has 3 aromatic rings. The van der Waals surface area contributed by atoms with Crippen molar-refractivity contribution in [3.05, 3.63) is 90.5 Å². The van der Waals surface area contributed by atoms with Gasteiger partial charge in [0.15, 0.2) is 0 Å². The van der Waals surface area contributed by atoms with E-state index in [2.05, 4.69) is 21.3 Å². The molecule has 0 bridgehead atoms. The molecule has 0 aromatic heterocycles. The summed E-state index contributed by atoms with van der Waals surface area (Å²) in [7, 11) is 0. The van der Waals surface area contributed by atoms with Crippen molar-refractivity contribution in [3.63, 3.8) is 0 Å². The van der Waals surface area contributed by atoms with Crippen molar-refractivity contribution in [2.75, 3.05) is 18.5 Å². The van der Waals surface area contributed by atoms with E-state index in [1.807, 2.05) is 36.4 Å². The Kier molecular flexibility index (Phi) is 12.2. The lowest BCUT2D eigenvalue weighted by Gasteiger charge is -2.24. The van der Waals surface area contributed by atoms with Crippen molar-refractivity contribution in [2.24, 2.45) is 5.92 Å². The highest BCUT2D eigenvalue weighted by Gasteiger charge is 2.30. The third kappa shape index (κ3) is 10.2. The molecule has 12 heteroatoms. The van der Waals surface area contributed by atoms with Crippen molar-refractivity contribution < 1.29 is 38.6 Å². The SMILES string of the molecule is C[C@H](CO)NC(=O)C[C@H]1CC=CC[C@@H](NC(=O)OCc2ccccc2)C(=O)OC[C@@H](C(=O)Nc2ccc3ccccc3c2)NC1=O. The lowest BCUT2D eigenvalue weighted by Crippen LogP contribution is -2.51. The van der Waals surface area contributed by atoms with E-state index in [9.17, 15) is 29.1 Å². The Balaban J connectivity index is 1.50. The molecule has 242 valence electrons. The fraction of sp³-hybridized carbons (Fsp3) is 0.324. The highest BCUT2D eigenvalue weighted by atomic mass is 16.6. The van der Waals surface area contributed by atoms with Gasteiger partial charge in [0, 0.05) is 18.2 Å². The molecule has 0 saturated heterocycles. The largest absolute Gasteiger partial charge is 0.461 e. The summed E-state index contributed by atoms with van der Waals surface area (Å²) in [6.45, 7) is 0.808. The molecule has 1 aliphatic rings. The number of carbonyl (C=O) groups excluding carboxylic acids is 5. The van der Waals surface area contributed by atoms with Gasteiger partial charge in [-0.25, -0.2) is 9.59 Å². The molecule has 0 unspecified atom stereocenters. The summed E-state index contributed by atoms with van der Waals surface area (Å²) in [5.41, 5.74) is 1.23. The number of allylic oxidation sites excluding steroid dienone is 1. The molecule has 1 aliphatic heterocycles. The maximum absolute atomic E-state index is 13.4. The third-order valence-corrected chi connectivity index (χ3v) is 7.27. The summed E-state index contributed by atoms with van der Waals surface area (Å²) >= 11 is 0. The van der Waals surface area contributed by atoms with E-state index in [4.69, 9.17) is 9.47 Å². The fourth-order valence-corrected chi connectivity index (χ4v) is 4.74. The van der Waals surface area contributed by atoms with Gasteiger partial charge >= 0.3 is 12.1 Å². The van der Waals surface area contributed by atoms with E-state index in [-0.39, 0.29) is 32.5 Å². The van der Waals surface area contributed by atoms with Gasteiger partial charge in [-0.1, -0.05) is 72.8 Å². The number of fused-ring (bicyclic) bond motifs is 1. The van der Waals surface area contributed by atoms with Gasteiger partial charge in [-0.15, -0.1) is 0 Å². The highest BCUT2D eigenvalue weighted by molar-refractivity contribution is 6.00. The Hall–Kier alpha value is -5.23. The number of carbonyl (C=O) groups is 5. The second-order valence-electron chi connectivity index (χ2n) is 11.0. The fourth-order valence-electron chi connectivity index (χ4n) is 4.74. The molecule has 0 aliphatic carbocycles. The van der Waals surface area contributed by atoms with E-state index in [0.717, 1.165) is 16.3 Å². The van der Waals surface area contributed by atoms with Crippen LogP contribution in [0.4, 0.5) is 10.5 Å². The summed E-state index contributed by atoms with van der Waals surface area (Å²) < 4.78 is 10.7. The molecule has 5 N–H and O–H groups in total. The monoisotopic (exact) mass is 630 g/mol. The summed E-state index contributed by atoms with van der Waals surface area (Å²) in [4.78, 5) is 65.1. The zero-order valence-corrected chi connectivity index (χ0v) is 25.4. The predicted molar refractivity (Wildman–Crippen MR) is 170 cm³/mol. The average Bonchev–Trinajstić information content (AvgIpc) is 3.05. The maximum atomic E-state index is 13.4. The van der Waals surface area contributed by atoms with Crippen molar-refractivity contribution in [2.45, 2.75) is 50.9 Å². The van der Waals surface area contributed by atoms with Crippen molar-refractivity contribution >= 4 is 46.2 Å². The molecule has 0 fully saturated rings. The first-order valence-corrected chi connectivity index (χ1v) is 15.0. The molecular weight excluding hydrogens is 592 g/mol. The van der Waals surface area contributed by atoms with Crippen LogP contribution < -0.4 is 21.3 Å². The van der Waals surface area contributed by atoms with E-state index in [1.165, 1.54) is 0 Å². The van der Waals surface area contributed by atoms with E-state index < -0.39 is 60.4 Å².